The van der Waals surface area contributed by atoms with Crippen molar-refractivity contribution in [3.63, 3.8) is 0 Å². The molecule has 2 aliphatic rings. The Hall–Kier alpha value is -1.55. The van der Waals surface area contributed by atoms with Crippen LogP contribution in [0.3, 0.4) is 0 Å². The van der Waals surface area contributed by atoms with Crippen LogP contribution in [-0.2, 0) is 9.59 Å². The minimum absolute atomic E-state index is 0.0309. The summed E-state index contributed by atoms with van der Waals surface area (Å²) in [5.74, 6) is 0.896. The predicted octanol–water partition coefficient (Wildman–Crippen LogP) is 3.40. The highest BCUT2D eigenvalue weighted by Crippen LogP contribution is 2.37. The summed E-state index contributed by atoms with van der Waals surface area (Å²) in [5.41, 5.74) is 1.28. The first-order valence-electron chi connectivity index (χ1n) is 8.84. The highest BCUT2D eigenvalue weighted by Gasteiger charge is 2.34. The Morgan fingerprint density at radius 2 is 1.88 bits per heavy atom. The lowest BCUT2D eigenvalue weighted by Crippen LogP contribution is -2.52. The van der Waals surface area contributed by atoms with E-state index in [1.165, 1.54) is 31.7 Å². The second-order valence-corrected chi connectivity index (χ2v) is 7.65. The van der Waals surface area contributed by atoms with Crippen LogP contribution in [0.15, 0.2) is 24.3 Å². The van der Waals surface area contributed by atoms with Crippen molar-refractivity contribution < 1.29 is 9.59 Å². The van der Waals surface area contributed by atoms with Gasteiger partial charge in [0.05, 0.1) is 0 Å². The zero-order valence-electron chi connectivity index (χ0n) is 14.1. The number of carbonyl (C=O) groups is 2. The lowest BCUT2D eigenvalue weighted by atomic mass is 9.75. The van der Waals surface area contributed by atoms with Crippen LogP contribution in [0.4, 0.5) is 0 Å². The number of hydrogen-bond donors (Lipinski definition) is 2. The van der Waals surface area contributed by atoms with E-state index in [0.29, 0.717) is 11.8 Å². The molecule has 2 saturated carbocycles. The third-order valence-electron chi connectivity index (χ3n) is 5.31. The molecule has 3 rings (SSSR count). The predicted molar refractivity (Wildman–Crippen MR) is 94.9 cm³/mol. The molecular weight excluding hydrogens is 324 g/mol. The standard InChI is InChI=1S/C19H25ClN2O2/c1-12(23)21-18(9-13-3-2-4-13)19(24)22-17-10-15(11-17)14-5-7-16(20)8-6-14/h5-8,13,15,17-18H,2-4,9-11H2,1H3,(H,21,23)(H,22,24)/t15?,17?,18-/m1/s1. The van der Waals surface area contributed by atoms with Crippen LogP contribution in [0, 0.1) is 5.92 Å². The molecule has 4 nitrogen and oxygen atoms in total. The van der Waals surface area contributed by atoms with Crippen molar-refractivity contribution in [2.24, 2.45) is 5.92 Å². The Balaban J connectivity index is 1.48. The van der Waals surface area contributed by atoms with E-state index in [-0.39, 0.29) is 23.9 Å². The van der Waals surface area contributed by atoms with Crippen molar-refractivity contribution >= 4 is 23.4 Å². The summed E-state index contributed by atoms with van der Waals surface area (Å²) in [6.07, 6.45) is 6.24. The molecule has 0 bridgehead atoms. The minimum Gasteiger partial charge on any atom is -0.352 e. The molecule has 0 spiro atoms. The van der Waals surface area contributed by atoms with Crippen LogP contribution in [0.5, 0.6) is 0 Å². The normalized spacial score (nSPS) is 24.4. The van der Waals surface area contributed by atoms with E-state index in [1.807, 2.05) is 12.1 Å². The van der Waals surface area contributed by atoms with Gasteiger partial charge in [0, 0.05) is 18.0 Å². The molecule has 2 fully saturated rings. The monoisotopic (exact) mass is 348 g/mol. The Labute approximate surface area is 148 Å². The zero-order chi connectivity index (χ0) is 17.1. The van der Waals surface area contributed by atoms with E-state index in [0.717, 1.165) is 24.3 Å². The molecule has 2 amide bonds. The average Bonchev–Trinajstić information content (AvgIpc) is 2.45. The maximum Gasteiger partial charge on any atom is 0.242 e. The summed E-state index contributed by atoms with van der Waals surface area (Å²) >= 11 is 5.92. The number of amides is 2. The van der Waals surface area contributed by atoms with Crippen LogP contribution in [0.1, 0.15) is 56.9 Å². The van der Waals surface area contributed by atoms with Crippen LogP contribution in [0.25, 0.3) is 0 Å². The van der Waals surface area contributed by atoms with Crippen molar-refractivity contribution in [2.45, 2.75) is 63.5 Å². The van der Waals surface area contributed by atoms with Crippen molar-refractivity contribution in [2.75, 3.05) is 0 Å². The lowest BCUT2D eigenvalue weighted by Gasteiger charge is -2.37. The van der Waals surface area contributed by atoms with Gasteiger partial charge < -0.3 is 10.6 Å². The van der Waals surface area contributed by atoms with Crippen molar-refractivity contribution in [3.05, 3.63) is 34.9 Å². The summed E-state index contributed by atoms with van der Waals surface area (Å²) in [7, 11) is 0. The first-order chi connectivity index (χ1) is 11.5. The smallest absolute Gasteiger partial charge is 0.242 e. The van der Waals surface area contributed by atoms with Crippen molar-refractivity contribution in [3.8, 4) is 0 Å². The fraction of sp³-hybridized carbons (Fsp3) is 0.579. The van der Waals surface area contributed by atoms with Gasteiger partial charge in [0.15, 0.2) is 0 Å². The Kier molecular flexibility index (Phi) is 5.44. The van der Waals surface area contributed by atoms with Gasteiger partial charge in [0.25, 0.3) is 0 Å². The van der Waals surface area contributed by atoms with E-state index in [2.05, 4.69) is 22.8 Å². The zero-order valence-corrected chi connectivity index (χ0v) is 14.8. The van der Waals surface area contributed by atoms with Crippen LogP contribution >= 0.6 is 11.6 Å². The van der Waals surface area contributed by atoms with Crippen molar-refractivity contribution in [1.82, 2.24) is 10.6 Å². The molecule has 130 valence electrons. The van der Waals surface area contributed by atoms with Crippen LogP contribution < -0.4 is 10.6 Å². The number of benzene rings is 1. The van der Waals surface area contributed by atoms with Gasteiger partial charge in [-0.25, -0.2) is 0 Å². The van der Waals surface area contributed by atoms with E-state index < -0.39 is 0 Å². The molecule has 0 unspecified atom stereocenters. The van der Waals surface area contributed by atoms with E-state index in [9.17, 15) is 9.59 Å². The summed E-state index contributed by atoms with van der Waals surface area (Å²) in [6, 6.07) is 7.75. The number of rotatable bonds is 6. The molecule has 1 aromatic carbocycles. The quantitative estimate of drug-likeness (QED) is 0.827. The van der Waals surface area contributed by atoms with Gasteiger partial charge >= 0.3 is 0 Å². The van der Waals surface area contributed by atoms with Gasteiger partial charge in [0.1, 0.15) is 6.04 Å². The number of carbonyl (C=O) groups excluding carboxylic acids is 2. The van der Waals surface area contributed by atoms with Crippen LogP contribution in [-0.4, -0.2) is 23.9 Å². The SMILES string of the molecule is CC(=O)N[C@H](CC1CCC1)C(=O)NC1CC(c2ccc(Cl)cc2)C1. The molecule has 5 heteroatoms. The fourth-order valence-electron chi connectivity index (χ4n) is 3.58. The molecular formula is C19H25ClN2O2. The van der Waals surface area contributed by atoms with E-state index in [1.54, 1.807) is 0 Å². The Morgan fingerprint density at radius 1 is 1.21 bits per heavy atom. The molecule has 24 heavy (non-hydrogen) atoms. The highest BCUT2D eigenvalue weighted by molar-refractivity contribution is 6.30. The molecule has 0 heterocycles. The van der Waals surface area contributed by atoms with Gasteiger partial charge in [-0.05, 0) is 48.8 Å². The molecule has 1 aromatic rings. The van der Waals surface area contributed by atoms with Gasteiger partial charge in [-0.3, -0.25) is 9.59 Å². The second-order valence-electron chi connectivity index (χ2n) is 7.21. The lowest BCUT2D eigenvalue weighted by molar-refractivity contribution is -0.129. The second kappa shape index (κ2) is 7.56. The molecule has 2 N–H and O–H groups in total. The molecule has 0 aliphatic heterocycles. The van der Waals surface area contributed by atoms with Crippen LogP contribution in [0.2, 0.25) is 5.02 Å². The van der Waals surface area contributed by atoms with Gasteiger partial charge in [-0.15, -0.1) is 0 Å². The van der Waals surface area contributed by atoms with Gasteiger partial charge in [0.2, 0.25) is 11.8 Å². The number of hydrogen-bond acceptors (Lipinski definition) is 2. The Morgan fingerprint density at radius 3 is 2.42 bits per heavy atom. The number of halogens is 1. The summed E-state index contributed by atoms with van der Waals surface area (Å²) in [6.45, 7) is 1.47. The molecule has 1 atom stereocenters. The van der Waals surface area contributed by atoms with Crippen molar-refractivity contribution in [1.29, 1.82) is 0 Å². The van der Waals surface area contributed by atoms with E-state index in [4.69, 9.17) is 11.6 Å². The third kappa shape index (κ3) is 4.29. The summed E-state index contributed by atoms with van der Waals surface area (Å²) in [4.78, 5) is 23.9. The highest BCUT2D eigenvalue weighted by atomic mass is 35.5. The molecule has 0 radical (unpaired) electrons. The van der Waals surface area contributed by atoms with Gasteiger partial charge in [-0.1, -0.05) is 43.0 Å². The fourth-order valence-corrected chi connectivity index (χ4v) is 3.71. The minimum atomic E-state index is -0.387. The first-order valence-corrected chi connectivity index (χ1v) is 9.22. The summed E-state index contributed by atoms with van der Waals surface area (Å²) < 4.78 is 0. The largest absolute Gasteiger partial charge is 0.352 e. The maximum absolute atomic E-state index is 12.5. The maximum atomic E-state index is 12.5. The molecule has 0 saturated heterocycles. The van der Waals surface area contributed by atoms with E-state index >= 15 is 0 Å². The number of nitrogens with one attached hydrogen (secondary N) is 2. The topological polar surface area (TPSA) is 58.2 Å². The Bertz CT molecular complexity index is 592. The average molecular weight is 349 g/mol. The van der Waals surface area contributed by atoms with Gasteiger partial charge in [-0.2, -0.15) is 0 Å². The third-order valence-corrected chi connectivity index (χ3v) is 5.57. The summed E-state index contributed by atoms with van der Waals surface area (Å²) in [5, 5.41) is 6.67. The molecule has 0 aromatic heterocycles. The molecule has 2 aliphatic carbocycles. The first kappa shape index (κ1) is 17.3.